The Morgan fingerprint density at radius 2 is 1.68 bits per heavy atom. The Morgan fingerprint density at radius 3 is 2.33 bits per heavy atom. The quantitative estimate of drug-likeness (QED) is 0.0995. The summed E-state index contributed by atoms with van der Waals surface area (Å²) in [5, 5.41) is 11.5. The van der Waals surface area contributed by atoms with Gasteiger partial charge in [0.05, 0.1) is 67.2 Å². The van der Waals surface area contributed by atoms with Crippen molar-refractivity contribution in [3.8, 4) is 34.5 Å². The topological polar surface area (TPSA) is 157 Å². The number of halogens is 5. The number of nitrogens with one attached hydrogen (secondary N) is 1. The smallest absolute Gasteiger partial charge is 0.418 e. The number of fused-ring (bicyclic) bond motifs is 1. The molecule has 3 aromatic carbocycles. The number of benzene rings is 3. The Bertz CT molecular complexity index is 2810. The van der Waals surface area contributed by atoms with Crippen molar-refractivity contribution in [2.24, 2.45) is 0 Å². The number of carbonyl (C=O) groups is 1. The maximum Gasteiger partial charge on any atom is 0.418 e. The number of aromatic nitrogens is 4. The molecule has 3 aliphatic rings. The molecule has 1 amide bonds. The van der Waals surface area contributed by atoms with Crippen LogP contribution in [0.2, 0.25) is 5.02 Å². The van der Waals surface area contributed by atoms with E-state index in [4.69, 9.17) is 40.3 Å². The minimum atomic E-state index is -5.02. The third-order valence-electron chi connectivity index (χ3n) is 12.9. The van der Waals surface area contributed by atoms with Gasteiger partial charge in [-0.3, -0.25) is 10.2 Å². The molecular weight excluding hydrogens is 924 g/mol. The number of hydrogen-bond donors (Lipinski definition) is 2. The van der Waals surface area contributed by atoms with Crippen LogP contribution < -0.4 is 34.1 Å². The number of nitrogens with zero attached hydrogens (tertiary/aromatic N) is 7. The molecule has 9 rings (SSSR count). The molecule has 6 aromatic rings. The van der Waals surface area contributed by atoms with Crippen LogP contribution in [0.5, 0.6) is 23.3 Å². The Labute approximate surface area is 399 Å². The molecule has 6 heterocycles. The molecule has 15 nitrogen and oxygen atoms in total. The fourth-order valence-electron chi connectivity index (χ4n) is 9.48. The van der Waals surface area contributed by atoms with Gasteiger partial charge >= 0.3 is 18.3 Å². The SMILES string of the molecule is COc1ccc(CN(Cc2ccc(OC)cc2)c2cc(C)c(C(F)(F)F)c(-c3c(Cl)c4c5c(nc(OC[C@@H]6CC[C@H]7COCCN76)nc5c3F)N([C@H](C)c3cccnc3NC(=O)O)CCO4)n2)cc1. The fraction of sp³-hybridized carbons (Fsp3) is 0.367. The highest BCUT2D eigenvalue weighted by molar-refractivity contribution is 6.36. The number of hydrogen-bond acceptors (Lipinski definition) is 13. The highest BCUT2D eigenvalue weighted by Crippen LogP contribution is 2.51. The molecule has 0 spiro atoms. The number of amides is 1. The van der Waals surface area contributed by atoms with Gasteiger partial charge in [-0.1, -0.05) is 41.9 Å². The van der Waals surface area contributed by atoms with Gasteiger partial charge in [0.25, 0.3) is 0 Å². The Morgan fingerprint density at radius 1 is 0.986 bits per heavy atom. The number of morpholine rings is 1. The first-order valence-corrected chi connectivity index (χ1v) is 22.7. The standard InChI is InChI=1S/C49H49ClF4N8O7/c1-27-22-36(60(23-29-7-13-33(65-3)14-8-29)24-30-9-15-34(66-4)16-10-30)56-42(39(27)49(52,53)54)37-40(50)44-38-43(41(37)51)57-47(69-26-32-12-11-31-25-67-20-18-62(31)32)59-46(38)61(19-21-68-44)28(2)35-6-5-17-55-45(35)58-48(63)64/h5-10,13-17,22,28,31-32H,11-12,18-21,23-26H2,1-4H3,(H,55,58)(H,63,64)/t28-,31+,32+/m1/s1. The number of pyridine rings is 2. The van der Waals surface area contributed by atoms with Gasteiger partial charge in [0.15, 0.2) is 11.6 Å². The van der Waals surface area contributed by atoms with Crippen LogP contribution in [0.3, 0.4) is 0 Å². The van der Waals surface area contributed by atoms with E-state index in [1.807, 2.05) is 24.3 Å². The molecule has 69 heavy (non-hydrogen) atoms. The van der Waals surface area contributed by atoms with Gasteiger partial charge in [-0.25, -0.2) is 19.2 Å². The summed E-state index contributed by atoms with van der Waals surface area (Å²) in [6.07, 6.45) is -3.23. The molecule has 3 aromatic heterocycles. The van der Waals surface area contributed by atoms with Crippen LogP contribution in [0.25, 0.3) is 22.2 Å². The zero-order chi connectivity index (χ0) is 48.6. The Kier molecular flexibility index (Phi) is 13.5. The summed E-state index contributed by atoms with van der Waals surface area (Å²) in [7, 11) is 3.10. The summed E-state index contributed by atoms with van der Waals surface area (Å²) in [6.45, 7) is 5.44. The lowest BCUT2D eigenvalue weighted by molar-refractivity contribution is -0.137. The molecule has 0 radical (unpaired) electrons. The minimum Gasteiger partial charge on any atom is -0.497 e. The largest absolute Gasteiger partial charge is 0.497 e. The molecule has 0 saturated carbocycles. The Hall–Kier alpha value is -6.70. The van der Waals surface area contributed by atoms with Gasteiger partial charge in [0.1, 0.15) is 47.7 Å². The third-order valence-corrected chi connectivity index (χ3v) is 13.2. The van der Waals surface area contributed by atoms with Crippen LogP contribution in [0.1, 0.15) is 53.6 Å². The van der Waals surface area contributed by atoms with Crippen LogP contribution >= 0.6 is 11.6 Å². The summed E-state index contributed by atoms with van der Waals surface area (Å²) in [5.41, 5.74) is -1.24. The lowest BCUT2D eigenvalue weighted by Gasteiger charge is -2.33. The maximum absolute atomic E-state index is 18.1. The van der Waals surface area contributed by atoms with Crippen molar-refractivity contribution >= 4 is 46.1 Å². The van der Waals surface area contributed by atoms with E-state index in [9.17, 15) is 9.90 Å². The maximum atomic E-state index is 18.1. The predicted octanol–water partition coefficient (Wildman–Crippen LogP) is 9.72. The first kappa shape index (κ1) is 47.4. The average Bonchev–Trinajstić information content (AvgIpc) is 3.65. The molecule has 2 fully saturated rings. The summed E-state index contributed by atoms with van der Waals surface area (Å²) in [4.78, 5) is 36.0. The second-order valence-corrected chi connectivity index (χ2v) is 17.4. The van der Waals surface area contributed by atoms with Crippen molar-refractivity contribution in [2.45, 2.75) is 64.1 Å². The van der Waals surface area contributed by atoms with Gasteiger partial charge in [0.2, 0.25) is 0 Å². The molecule has 2 saturated heterocycles. The monoisotopic (exact) mass is 972 g/mol. The lowest BCUT2D eigenvalue weighted by Crippen LogP contribution is -2.46. The molecule has 0 bridgehead atoms. The third kappa shape index (κ3) is 9.67. The van der Waals surface area contributed by atoms with Crippen LogP contribution in [-0.2, 0) is 24.0 Å². The Balaban J connectivity index is 1.22. The summed E-state index contributed by atoms with van der Waals surface area (Å²) in [6, 6.07) is 18.4. The van der Waals surface area contributed by atoms with Crippen LogP contribution in [0.15, 0.2) is 72.9 Å². The minimum absolute atomic E-state index is 0.0224. The molecule has 0 unspecified atom stereocenters. The highest BCUT2D eigenvalue weighted by Gasteiger charge is 2.41. The zero-order valence-corrected chi connectivity index (χ0v) is 38.9. The summed E-state index contributed by atoms with van der Waals surface area (Å²) in [5.74, 6) is 0.134. The average molecular weight is 973 g/mol. The lowest BCUT2D eigenvalue weighted by atomic mass is 9.98. The van der Waals surface area contributed by atoms with E-state index < -0.39 is 51.5 Å². The molecular formula is C49H49ClF4N8O7. The van der Waals surface area contributed by atoms with Crippen LogP contribution in [0, 0.1) is 12.7 Å². The molecule has 362 valence electrons. The van der Waals surface area contributed by atoms with E-state index in [1.165, 1.54) is 19.2 Å². The zero-order valence-electron chi connectivity index (χ0n) is 38.1. The normalized spacial score (nSPS) is 17.4. The number of ether oxygens (including phenoxy) is 5. The van der Waals surface area contributed by atoms with Crippen LogP contribution in [-0.4, -0.2) is 102 Å². The van der Waals surface area contributed by atoms with Crippen molar-refractivity contribution in [1.29, 1.82) is 0 Å². The highest BCUT2D eigenvalue weighted by atomic mass is 35.5. The molecule has 2 N–H and O–H groups in total. The van der Waals surface area contributed by atoms with E-state index in [-0.39, 0.29) is 85.1 Å². The van der Waals surface area contributed by atoms with E-state index in [2.05, 4.69) is 25.2 Å². The number of methoxy groups -OCH3 is 2. The van der Waals surface area contributed by atoms with Gasteiger partial charge < -0.3 is 38.6 Å². The number of carboxylic acid groups (broad SMARTS) is 1. The van der Waals surface area contributed by atoms with E-state index in [0.29, 0.717) is 36.8 Å². The number of rotatable bonds is 14. The van der Waals surface area contributed by atoms with Crippen molar-refractivity contribution in [3.05, 3.63) is 112 Å². The molecule has 3 atom stereocenters. The first-order chi connectivity index (χ1) is 33.2. The molecule has 3 aliphatic heterocycles. The van der Waals surface area contributed by atoms with Crippen molar-refractivity contribution < 1.29 is 51.1 Å². The number of aryl methyl sites for hydroxylation is 1. The van der Waals surface area contributed by atoms with Gasteiger partial charge in [-0.2, -0.15) is 23.1 Å². The summed E-state index contributed by atoms with van der Waals surface area (Å²) >= 11 is 7.19. The summed E-state index contributed by atoms with van der Waals surface area (Å²) < 4.78 is 93.7. The molecule has 0 aliphatic carbocycles. The predicted molar refractivity (Wildman–Crippen MR) is 250 cm³/mol. The van der Waals surface area contributed by atoms with Gasteiger partial charge in [0, 0.05) is 43.5 Å². The van der Waals surface area contributed by atoms with E-state index >= 15 is 17.6 Å². The fourth-order valence-corrected chi connectivity index (χ4v) is 9.80. The van der Waals surface area contributed by atoms with Gasteiger partial charge in [-0.05, 0) is 79.8 Å². The number of anilines is 3. The molecule has 20 heteroatoms. The second-order valence-electron chi connectivity index (χ2n) is 17.1. The van der Waals surface area contributed by atoms with Crippen molar-refractivity contribution in [1.82, 2.24) is 24.8 Å². The second kappa shape index (κ2) is 19.7. The van der Waals surface area contributed by atoms with E-state index in [0.717, 1.165) is 24.0 Å². The van der Waals surface area contributed by atoms with Crippen molar-refractivity contribution in [3.63, 3.8) is 0 Å². The van der Waals surface area contributed by atoms with Crippen molar-refractivity contribution in [2.75, 3.05) is 68.9 Å². The first-order valence-electron chi connectivity index (χ1n) is 22.4. The van der Waals surface area contributed by atoms with E-state index in [1.54, 1.807) is 67.3 Å². The number of alkyl halides is 3. The van der Waals surface area contributed by atoms with Crippen LogP contribution in [0.4, 0.5) is 39.8 Å². The van der Waals surface area contributed by atoms with Gasteiger partial charge in [-0.15, -0.1) is 0 Å².